The van der Waals surface area contributed by atoms with Gasteiger partial charge in [0.15, 0.2) is 0 Å². The molecule has 0 radical (unpaired) electrons. The third-order valence-electron chi connectivity index (χ3n) is 2.87. The normalized spacial score (nSPS) is 21.4. The molecule has 0 aliphatic carbocycles. The van der Waals surface area contributed by atoms with Crippen molar-refractivity contribution in [1.29, 1.82) is 0 Å². The number of carboxylic acid groups (broad SMARTS) is 1. The quantitative estimate of drug-likeness (QED) is 0.828. The molecule has 0 saturated carbocycles. The lowest BCUT2D eigenvalue weighted by Crippen LogP contribution is -2.54. The Morgan fingerprint density at radius 1 is 1.71 bits per heavy atom. The summed E-state index contributed by atoms with van der Waals surface area (Å²) in [5, 5.41) is 12.8. The van der Waals surface area contributed by atoms with E-state index >= 15 is 0 Å². The minimum Gasteiger partial charge on any atom is -0.480 e. The van der Waals surface area contributed by atoms with Crippen molar-refractivity contribution in [2.24, 2.45) is 0 Å². The average molecular weight is 256 g/mol. The molecular formula is C11H14ClN3O2. The molecule has 17 heavy (non-hydrogen) atoms. The van der Waals surface area contributed by atoms with Gasteiger partial charge in [-0.3, -0.25) is 14.7 Å². The van der Waals surface area contributed by atoms with E-state index in [9.17, 15) is 4.79 Å². The molecule has 6 heteroatoms. The summed E-state index contributed by atoms with van der Waals surface area (Å²) in [6.45, 7) is 2.51. The Kier molecular flexibility index (Phi) is 3.93. The van der Waals surface area contributed by atoms with E-state index in [4.69, 9.17) is 16.7 Å². The Hall–Kier alpha value is -1.17. The summed E-state index contributed by atoms with van der Waals surface area (Å²) < 4.78 is 0. The number of carbonyl (C=O) groups is 1. The maximum atomic E-state index is 11.1. The van der Waals surface area contributed by atoms with Gasteiger partial charge in [-0.25, -0.2) is 0 Å². The Morgan fingerprint density at radius 2 is 2.53 bits per heavy atom. The van der Waals surface area contributed by atoms with Gasteiger partial charge < -0.3 is 10.4 Å². The molecule has 1 saturated heterocycles. The lowest BCUT2D eigenvalue weighted by molar-refractivity contribution is -0.144. The minimum atomic E-state index is -0.803. The third-order valence-corrected chi connectivity index (χ3v) is 3.21. The molecule has 1 fully saturated rings. The van der Waals surface area contributed by atoms with Crippen LogP contribution >= 0.6 is 11.6 Å². The van der Waals surface area contributed by atoms with Crippen LogP contribution in [0.4, 0.5) is 0 Å². The molecule has 1 aliphatic rings. The molecule has 1 aromatic heterocycles. The molecule has 0 amide bonds. The molecule has 1 aromatic rings. The summed E-state index contributed by atoms with van der Waals surface area (Å²) in [4.78, 5) is 16.9. The predicted octanol–water partition coefficient (Wildman–Crippen LogP) is 0.593. The first-order valence-electron chi connectivity index (χ1n) is 5.44. The number of aliphatic carboxylic acids is 1. The summed E-state index contributed by atoms with van der Waals surface area (Å²) in [5.41, 5.74) is 0.912. The maximum absolute atomic E-state index is 11.1. The van der Waals surface area contributed by atoms with Crippen LogP contribution in [0.2, 0.25) is 5.02 Å². The van der Waals surface area contributed by atoms with Crippen LogP contribution in [0.3, 0.4) is 0 Å². The Morgan fingerprint density at radius 3 is 3.24 bits per heavy atom. The fraction of sp³-hybridized carbons (Fsp3) is 0.455. The van der Waals surface area contributed by atoms with Gasteiger partial charge in [0.1, 0.15) is 6.04 Å². The second-order valence-electron chi connectivity index (χ2n) is 4.00. The lowest BCUT2D eigenvalue weighted by Gasteiger charge is -2.33. The number of hydrogen-bond acceptors (Lipinski definition) is 4. The number of carboxylic acids is 1. The topological polar surface area (TPSA) is 65.5 Å². The highest BCUT2D eigenvalue weighted by Gasteiger charge is 2.28. The standard InChI is InChI=1S/C11H14ClN3O2/c12-9-5-13-2-1-8(9)7-15-4-3-14-6-10(15)11(16)17/h1-2,5,10,14H,3-4,6-7H2,(H,16,17). The van der Waals surface area contributed by atoms with Gasteiger partial charge in [0, 0.05) is 38.6 Å². The van der Waals surface area contributed by atoms with Crippen LogP contribution in [-0.2, 0) is 11.3 Å². The van der Waals surface area contributed by atoms with E-state index in [0.717, 1.165) is 12.1 Å². The van der Waals surface area contributed by atoms with Crippen molar-refractivity contribution in [1.82, 2.24) is 15.2 Å². The highest BCUT2D eigenvalue weighted by atomic mass is 35.5. The molecule has 0 bridgehead atoms. The van der Waals surface area contributed by atoms with E-state index < -0.39 is 12.0 Å². The van der Waals surface area contributed by atoms with Crippen LogP contribution in [0, 0.1) is 0 Å². The summed E-state index contributed by atoms with van der Waals surface area (Å²) >= 11 is 6.02. The molecule has 2 rings (SSSR count). The highest BCUT2D eigenvalue weighted by molar-refractivity contribution is 6.31. The third kappa shape index (κ3) is 2.94. The molecule has 0 spiro atoms. The SMILES string of the molecule is O=C(O)C1CNCCN1Cc1ccncc1Cl. The number of rotatable bonds is 3. The average Bonchev–Trinajstić information content (AvgIpc) is 2.32. The first-order valence-corrected chi connectivity index (χ1v) is 5.82. The molecule has 1 atom stereocenters. The van der Waals surface area contributed by atoms with Gasteiger partial charge in [-0.2, -0.15) is 0 Å². The number of piperazine rings is 1. The molecule has 1 aliphatic heterocycles. The van der Waals surface area contributed by atoms with Crippen LogP contribution in [-0.4, -0.2) is 46.6 Å². The van der Waals surface area contributed by atoms with Crippen molar-refractivity contribution in [2.75, 3.05) is 19.6 Å². The first-order chi connectivity index (χ1) is 8.18. The molecule has 0 aromatic carbocycles. The smallest absolute Gasteiger partial charge is 0.322 e. The number of pyridine rings is 1. The van der Waals surface area contributed by atoms with Gasteiger partial charge in [-0.15, -0.1) is 0 Å². The van der Waals surface area contributed by atoms with Gasteiger partial charge >= 0.3 is 5.97 Å². The zero-order chi connectivity index (χ0) is 12.3. The van der Waals surface area contributed by atoms with Crippen molar-refractivity contribution in [3.63, 3.8) is 0 Å². The number of nitrogens with one attached hydrogen (secondary N) is 1. The van der Waals surface area contributed by atoms with E-state index in [1.807, 2.05) is 11.0 Å². The van der Waals surface area contributed by atoms with Crippen molar-refractivity contribution < 1.29 is 9.90 Å². The molecule has 1 unspecified atom stereocenters. The summed E-state index contributed by atoms with van der Waals surface area (Å²) in [5.74, 6) is -0.803. The second-order valence-corrected chi connectivity index (χ2v) is 4.40. The van der Waals surface area contributed by atoms with Gasteiger partial charge in [-0.1, -0.05) is 11.6 Å². The van der Waals surface area contributed by atoms with Gasteiger partial charge in [0.2, 0.25) is 0 Å². The summed E-state index contributed by atoms with van der Waals surface area (Å²) in [6.07, 6.45) is 3.24. The fourth-order valence-electron chi connectivity index (χ4n) is 1.93. The summed E-state index contributed by atoms with van der Waals surface area (Å²) in [6, 6.07) is 1.33. The van der Waals surface area contributed by atoms with E-state index in [-0.39, 0.29) is 0 Å². The Labute approximate surface area is 104 Å². The molecule has 2 heterocycles. The summed E-state index contributed by atoms with van der Waals surface area (Å²) in [7, 11) is 0. The number of hydrogen-bond donors (Lipinski definition) is 2. The zero-order valence-corrected chi connectivity index (χ0v) is 10.0. The van der Waals surface area contributed by atoms with E-state index in [2.05, 4.69) is 10.3 Å². The zero-order valence-electron chi connectivity index (χ0n) is 9.27. The van der Waals surface area contributed by atoms with Crippen molar-refractivity contribution in [3.05, 3.63) is 29.0 Å². The maximum Gasteiger partial charge on any atom is 0.322 e. The fourth-order valence-corrected chi connectivity index (χ4v) is 2.11. The van der Waals surface area contributed by atoms with Crippen LogP contribution in [0.1, 0.15) is 5.56 Å². The van der Waals surface area contributed by atoms with E-state index in [0.29, 0.717) is 24.7 Å². The lowest BCUT2D eigenvalue weighted by atomic mass is 10.1. The second kappa shape index (κ2) is 5.44. The molecular weight excluding hydrogens is 242 g/mol. The monoisotopic (exact) mass is 255 g/mol. The van der Waals surface area contributed by atoms with Gasteiger partial charge in [-0.05, 0) is 11.6 Å². The van der Waals surface area contributed by atoms with Gasteiger partial charge in [0.05, 0.1) is 5.02 Å². The van der Waals surface area contributed by atoms with Crippen molar-refractivity contribution in [2.45, 2.75) is 12.6 Å². The Bertz CT molecular complexity index is 413. The van der Waals surface area contributed by atoms with Crippen molar-refractivity contribution >= 4 is 17.6 Å². The minimum absolute atomic E-state index is 0.470. The largest absolute Gasteiger partial charge is 0.480 e. The number of aromatic nitrogens is 1. The molecule has 92 valence electrons. The molecule has 5 nitrogen and oxygen atoms in total. The Balaban J connectivity index is 2.11. The molecule has 2 N–H and O–H groups in total. The van der Waals surface area contributed by atoms with Crippen LogP contribution < -0.4 is 5.32 Å². The predicted molar refractivity (Wildman–Crippen MR) is 64.0 cm³/mol. The first kappa shape index (κ1) is 12.3. The number of nitrogens with zero attached hydrogens (tertiary/aromatic N) is 2. The van der Waals surface area contributed by atoms with E-state index in [1.165, 1.54) is 0 Å². The van der Waals surface area contributed by atoms with Crippen molar-refractivity contribution in [3.8, 4) is 0 Å². The number of halogens is 1. The van der Waals surface area contributed by atoms with E-state index in [1.54, 1.807) is 12.4 Å². The highest BCUT2D eigenvalue weighted by Crippen LogP contribution is 2.17. The van der Waals surface area contributed by atoms with Crippen LogP contribution in [0.25, 0.3) is 0 Å². The van der Waals surface area contributed by atoms with Gasteiger partial charge in [0.25, 0.3) is 0 Å². The van der Waals surface area contributed by atoms with Crippen LogP contribution in [0.15, 0.2) is 18.5 Å². The van der Waals surface area contributed by atoms with Crippen LogP contribution in [0.5, 0.6) is 0 Å².